The molecule has 0 bridgehead atoms. The molecule has 0 radical (unpaired) electrons. The number of thioether (sulfide) groups is 1. The topological polar surface area (TPSA) is 46.5 Å². The van der Waals surface area contributed by atoms with E-state index >= 15 is 0 Å². The van der Waals surface area contributed by atoms with E-state index in [1.807, 2.05) is 0 Å². The summed E-state index contributed by atoms with van der Waals surface area (Å²) in [5.41, 5.74) is 0.289. The van der Waals surface area contributed by atoms with Gasteiger partial charge in [0.05, 0.1) is 0 Å². The molecule has 2 rings (SSSR count). The van der Waals surface area contributed by atoms with Gasteiger partial charge in [-0.25, -0.2) is 0 Å². The molecule has 4 heteroatoms. The van der Waals surface area contributed by atoms with E-state index in [0.29, 0.717) is 0 Å². The van der Waals surface area contributed by atoms with Gasteiger partial charge < -0.3 is 9.84 Å². The van der Waals surface area contributed by atoms with Gasteiger partial charge in [-0.3, -0.25) is 4.79 Å². The van der Waals surface area contributed by atoms with Crippen LogP contribution in [0.4, 0.5) is 0 Å². The Morgan fingerprint density at radius 3 is 2.50 bits per heavy atom. The van der Waals surface area contributed by atoms with Crippen LogP contribution in [0.15, 0.2) is 0 Å². The Morgan fingerprint density at radius 2 is 2.00 bits per heavy atom. The summed E-state index contributed by atoms with van der Waals surface area (Å²) >= 11 is 1.65. The largest absolute Gasteiger partial charge is 0.480 e. The first-order valence-electron chi connectivity index (χ1n) is 6.08. The Kier molecular flexibility index (Phi) is 3.50. The lowest BCUT2D eigenvalue weighted by Crippen LogP contribution is -2.56. The van der Waals surface area contributed by atoms with E-state index in [-0.39, 0.29) is 5.41 Å². The predicted octanol–water partition coefficient (Wildman–Crippen LogP) is 2.54. The molecule has 1 aliphatic heterocycles. The molecule has 1 N–H and O–H groups in total. The zero-order valence-electron chi connectivity index (χ0n) is 9.83. The highest BCUT2D eigenvalue weighted by atomic mass is 32.2. The lowest BCUT2D eigenvalue weighted by atomic mass is 9.57. The van der Waals surface area contributed by atoms with Crippen molar-refractivity contribution in [1.82, 2.24) is 0 Å². The maximum Gasteiger partial charge on any atom is 0.319 e. The zero-order chi connectivity index (χ0) is 11.6. The van der Waals surface area contributed by atoms with Crippen LogP contribution in [0.5, 0.6) is 0 Å². The van der Waals surface area contributed by atoms with E-state index in [2.05, 4.69) is 6.92 Å². The molecule has 2 fully saturated rings. The van der Waals surface area contributed by atoms with Crippen LogP contribution in [-0.4, -0.2) is 34.8 Å². The first-order valence-corrected chi connectivity index (χ1v) is 7.06. The number of carboxylic acids is 1. The first kappa shape index (κ1) is 12.2. The molecule has 2 aliphatic rings. The third kappa shape index (κ3) is 2.09. The van der Waals surface area contributed by atoms with Gasteiger partial charge in [-0.1, -0.05) is 6.92 Å². The van der Waals surface area contributed by atoms with Crippen molar-refractivity contribution in [2.75, 3.05) is 19.0 Å². The molecule has 1 spiro atoms. The van der Waals surface area contributed by atoms with E-state index in [4.69, 9.17) is 4.74 Å². The molecule has 1 heterocycles. The van der Waals surface area contributed by atoms with Crippen LogP contribution in [0.2, 0.25) is 0 Å². The van der Waals surface area contributed by atoms with Crippen molar-refractivity contribution >= 4 is 17.7 Å². The smallest absolute Gasteiger partial charge is 0.319 e. The highest BCUT2D eigenvalue weighted by Crippen LogP contribution is 2.60. The molecular formula is C12H20O3S. The minimum absolute atomic E-state index is 0.289. The van der Waals surface area contributed by atoms with Crippen LogP contribution in [0.25, 0.3) is 0 Å². The first-order chi connectivity index (χ1) is 7.63. The van der Waals surface area contributed by atoms with Gasteiger partial charge in [-0.2, -0.15) is 0 Å². The number of carboxylic acid groups (broad SMARTS) is 1. The molecule has 0 aromatic carbocycles. The molecule has 0 aromatic rings. The van der Waals surface area contributed by atoms with E-state index in [9.17, 15) is 9.90 Å². The molecule has 0 amide bonds. The fourth-order valence-corrected chi connectivity index (χ4v) is 4.46. The Bertz CT molecular complexity index is 263. The minimum Gasteiger partial charge on any atom is -0.480 e. The van der Waals surface area contributed by atoms with Gasteiger partial charge in [0.15, 0.2) is 0 Å². The average molecular weight is 244 g/mol. The fraction of sp³-hybridized carbons (Fsp3) is 0.917. The molecule has 0 aromatic heterocycles. The summed E-state index contributed by atoms with van der Waals surface area (Å²) in [5, 5.41) is 9.37. The molecule has 0 unspecified atom stereocenters. The second-order valence-corrected chi connectivity index (χ2v) is 6.59. The Balaban J connectivity index is 1.96. The van der Waals surface area contributed by atoms with Crippen LogP contribution in [0.3, 0.4) is 0 Å². The van der Waals surface area contributed by atoms with E-state index in [1.54, 1.807) is 11.8 Å². The Hall–Kier alpha value is -0.220. The lowest BCUT2D eigenvalue weighted by Gasteiger charge is -2.55. The summed E-state index contributed by atoms with van der Waals surface area (Å²) in [5.74, 6) is 0.349. The van der Waals surface area contributed by atoms with Crippen molar-refractivity contribution in [2.45, 2.75) is 43.8 Å². The molecule has 16 heavy (non-hydrogen) atoms. The molecule has 1 saturated heterocycles. The normalized spacial score (nSPS) is 26.3. The predicted molar refractivity (Wildman–Crippen MR) is 64.8 cm³/mol. The van der Waals surface area contributed by atoms with Crippen molar-refractivity contribution in [2.24, 2.45) is 5.41 Å². The lowest BCUT2D eigenvalue weighted by molar-refractivity contribution is -0.150. The van der Waals surface area contributed by atoms with Gasteiger partial charge in [0.2, 0.25) is 0 Å². The number of aliphatic carboxylic acids is 1. The molecular weight excluding hydrogens is 224 g/mol. The number of hydrogen-bond acceptors (Lipinski definition) is 3. The fourth-order valence-electron chi connectivity index (χ4n) is 2.93. The number of hydrogen-bond donors (Lipinski definition) is 1. The Morgan fingerprint density at radius 1 is 1.38 bits per heavy atom. The molecule has 1 saturated carbocycles. The van der Waals surface area contributed by atoms with Crippen LogP contribution in [0, 0.1) is 5.41 Å². The molecule has 3 nitrogen and oxygen atoms in total. The number of ether oxygens (including phenoxy) is 1. The third-order valence-electron chi connectivity index (χ3n) is 3.85. The highest BCUT2D eigenvalue weighted by Gasteiger charge is 2.59. The number of carbonyl (C=O) groups is 1. The monoisotopic (exact) mass is 244 g/mol. The van der Waals surface area contributed by atoms with Crippen LogP contribution < -0.4 is 0 Å². The maximum absolute atomic E-state index is 11.4. The van der Waals surface area contributed by atoms with E-state index in [0.717, 1.165) is 51.1 Å². The standard InChI is InChI=1S/C12H20O3S/c1-2-7-16-12(10(13)14)8-11(9-12)3-5-15-6-4-11/h2-9H2,1H3,(H,13,14). The van der Waals surface area contributed by atoms with Gasteiger partial charge in [0.25, 0.3) is 0 Å². The summed E-state index contributed by atoms with van der Waals surface area (Å²) in [7, 11) is 0. The Labute approximate surface area is 101 Å². The van der Waals surface area contributed by atoms with Gasteiger partial charge in [-0.15, -0.1) is 11.8 Å². The van der Waals surface area contributed by atoms with Crippen molar-refractivity contribution in [3.8, 4) is 0 Å². The van der Waals surface area contributed by atoms with Gasteiger partial charge in [-0.05, 0) is 43.3 Å². The molecule has 92 valence electrons. The third-order valence-corrected chi connectivity index (χ3v) is 5.48. The summed E-state index contributed by atoms with van der Waals surface area (Å²) in [6, 6.07) is 0. The summed E-state index contributed by atoms with van der Waals surface area (Å²) < 4.78 is 4.88. The van der Waals surface area contributed by atoms with Gasteiger partial charge in [0.1, 0.15) is 4.75 Å². The minimum atomic E-state index is -0.608. The zero-order valence-corrected chi connectivity index (χ0v) is 10.6. The average Bonchev–Trinajstić information content (AvgIpc) is 2.24. The summed E-state index contributed by atoms with van der Waals surface area (Å²) in [6.45, 7) is 3.73. The van der Waals surface area contributed by atoms with Crippen molar-refractivity contribution in [1.29, 1.82) is 0 Å². The SMILES string of the molecule is CCCSC1(C(=O)O)CC2(CCOCC2)C1. The van der Waals surface area contributed by atoms with Gasteiger partial charge in [0, 0.05) is 13.2 Å². The van der Waals surface area contributed by atoms with Crippen molar-refractivity contribution in [3.05, 3.63) is 0 Å². The second-order valence-electron chi connectivity index (χ2n) is 5.11. The van der Waals surface area contributed by atoms with Crippen LogP contribution >= 0.6 is 11.8 Å². The maximum atomic E-state index is 11.4. The number of rotatable bonds is 4. The van der Waals surface area contributed by atoms with Gasteiger partial charge >= 0.3 is 5.97 Å². The summed E-state index contributed by atoms with van der Waals surface area (Å²) in [6.07, 6.45) is 4.85. The molecule has 0 atom stereocenters. The van der Waals surface area contributed by atoms with Crippen molar-refractivity contribution in [3.63, 3.8) is 0 Å². The highest BCUT2D eigenvalue weighted by molar-refractivity contribution is 8.01. The van der Waals surface area contributed by atoms with Crippen LogP contribution in [0.1, 0.15) is 39.0 Å². The summed E-state index contributed by atoms with van der Waals surface area (Å²) in [4.78, 5) is 11.4. The molecule has 1 aliphatic carbocycles. The van der Waals surface area contributed by atoms with Crippen molar-refractivity contribution < 1.29 is 14.6 Å². The van der Waals surface area contributed by atoms with Crippen LogP contribution in [-0.2, 0) is 9.53 Å². The van der Waals surface area contributed by atoms with E-state index < -0.39 is 10.7 Å². The second kappa shape index (κ2) is 4.57. The quantitative estimate of drug-likeness (QED) is 0.825. The van der Waals surface area contributed by atoms with E-state index in [1.165, 1.54) is 0 Å².